The van der Waals surface area contributed by atoms with Gasteiger partial charge in [-0.3, -0.25) is 19.4 Å². The molecule has 4 rings (SSSR count). The van der Waals surface area contributed by atoms with Gasteiger partial charge in [0.2, 0.25) is 5.91 Å². The van der Waals surface area contributed by atoms with Crippen molar-refractivity contribution < 1.29 is 9.59 Å². The Morgan fingerprint density at radius 3 is 2.56 bits per heavy atom. The summed E-state index contributed by atoms with van der Waals surface area (Å²) in [5.74, 6) is 1.02. The van der Waals surface area contributed by atoms with Gasteiger partial charge >= 0.3 is 0 Å². The van der Waals surface area contributed by atoms with Crippen LogP contribution in [0.25, 0.3) is 0 Å². The number of aromatic amines is 1. The molecule has 0 unspecified atom stereocenters. The molecule has 0 aliphatic carbocycles. The highest BCUT2D eigenvalue weighted by molar-refractivity contribution is 5.94. The molecule has 0 saturated carbocycles. The van der Waals surface area contributed by atoms with E-state index >= 15 is 0 Å². The molecule has 2 aliphatic rings. The number of hydrogen-bond donors (Lipinski definition) is 1. The first-order valence-electron chi connectivity index (χ1n) is 11.5. The maximum absolute atomic E-state index is 12.9. The quantitative estimate of drug-likeness (QED) is 0.792. The van der Waals surface area contributed by atoms with Crippen LogP contribution in [0, 0.1) is 5.92 Å². The van der Waals surface area contributed by atoms with E-state index in [4.69, 9.17) is 4.98 Å². The number of nitrogens with one attached hydrogen (secondary N) is 1. The normalized spacial score (nSPS) is 19.9. The number of likely N-dealkylation sites (tertiary alicyclic amines) is 2. The van der Waals surface area contributed by atoms with Crippen LogP contribution in [0.15, 0.2) is 35.4 Å². The summed E-state index contributed by atoms with van der Waals surface area (Å²) in [7, 11) is 0. The van der Waals surface area contributed by atoms with Gasteiger partial charge in [-0.2, -0.15) is 0 Å². The van der Waals surface area contributed by atoms with Crippen molar-refractivity contribution in [2.45, 2.75) is 51.4 Å². The minimum Gasteiger partial charge on any atom is -0.342 e. The highest BCUT2D eigenvalue weighted by Gasteiger charge is 2.29. The lowest BCUT2D eigenvalue weighted by molar-refractivity contribution is -0.135. The van der Waals surface area contributed by atoms with Gasteiger partial charge in [0, 0.05) is 62.4 Å². The molecule has 32 heavy (non-hydrogen) atoms. The van der Waals surface area contributed by atoms with E-state index in [0.29, 0.717) is 37.6 Å². The lowest BCUT2D eigenvalue weighted by atomic mass is 9.92. The van der Waals surface area contributed by atoms with Gasteiger partial charge in [0.15, 0.2) is 0 Å². The number of carbonyl (C=O) groups excluding carboxylic acids is 2. The van der Waals surface area contributed by atoms with Crippen LogP contribution in [0.4, 0.5) is 0 Å². The summed E-state index contributed by atoms with van der Waals surface area (Å²) in [5.41, 5.74) is 1.19. The Bertz CT molecular complexity index is 1010. The average molecular weight is 438 g/mol. The fourth-order valence-electron chi connectivity index (χ4n) is 4.71. The zero-order valence-electron chi connectivity index (χ0n) is 18.8. The molecule has 0 radical (unpaired) electrons. The van der Waals surface area contributed by atoms with E-state index in [9.17, 15) is 14.4 Å². The van der Waals surface area contributed by atoms with E-state index in [1.165, 1.54) is 0 Å². The first-order valence-corrected chi connectivity index (χ1v) is 11.5. The third kappa shape index (κ3) is 4.89. The Balaban J connectivity index is 1.46. The molecule has 0 aromatic carbocycles. The fourth-order valence-corrected chi connectivity index (χ4v) is 4.71. The van der Waals surface area contributed by atoms with Crippen LogP contribution in [-0.2, 0) is 4.79 Å². The highest BCUT2D eigenvalue weighted by Crippen LogP contribution is 2.29. The number of aromatic nitrogens is 3. The molecule has 8 nitrogen and oxygen atoms in total. The first kappa shape index (κ1) is 22.2. The number of hydrogen-bond acceptors (Lipinski definition) is 5. The molecule has 2 aromatic heterocycles. The van der Waals surface area contributed by atoms with E-state index in [0.717, 1.165) is 31.4 Å². The Kier molecular flexibility index (Phi) is 6.67. The average Bonchev–Trinajstić information content (AvgIpc) is 2.83. The third-order valence-corrected chi connectivity index (χ3v) is 6.50. The molecular weight excluding hydrogens is 406 g/mol. The molecule has 8 heteroatoms. The van der Waals surface area contributed by atoms with Crippen LogP contribution in [0.2, 0.25) is 0 Å². The first-order chi connectivity index (χ1) is 15.4. The maximum atomic E-state index is 12.9. The van der Waals surface area contributed by atoms with Gasteiger partial charge in [-0.25, -0.2) is 4.98 Å². The van der Waals surface area contributed by atoms with Crippen molar-refractivity contribution >= 4 is 11.8 Å². The molecule has 1 atom stereocenters. The van der Waals surface area contributed by atoms with Gasteiger partial charge < -0.3 is 14.8 Å². The number of pyridine rings is 1. The second-order valence-electron chi connectivity index (χ2n) is 9.14. The fraction of sp³-hybridized carbons (Fsp3) is 0.542. The second-order valence-corrected chi connectivity index (χ2v) is 9.14. The third-order valence-electron chi connectivity index (χ3n) is 6.50. The largest absolute Gasteiger partial charge is 0.342 e. The molecular formula is C24H31N5O3. The standard InChI is InChI=1S/C24H31N5O3/c1-16(2)23(31)28-11-7-17(8-12-28)22-26-20(13-21(30)27-22)19-6-4-10-29(15-19)24(32)18-5-3-9-25-14-18/h3,5,9,13-14,16-17,19H,4,6-8,10-12,15H2,1-2H3,(H,26,27,30)/t19-/m1/s1. The van der Waals surface area contributed by atoms with Crippen LogP contribution in [-0.4, -0.2) is 62.7 Å². The van der Waals surface area contributed by atoms with Crippen molar-refractivity contribution in [2.24, 2.45) is 5.92 Å². The maximum Gasteiger partial charge on any atom is 0.255 e. The number of nitrogens with zero attached hydrogens (tertiary/aromatic N) is 4. The van der Waals surface area contributed by atoms with Gasteiger partial charge in [0.1, 0.15) is 5.82 Å². The van der Waals surface area contributed by atoms with Gasteiger partial charge in [-0.1, -0.05) is 13.8 Å². The molecule has 0 bridgehead atoms. The van der Waals surface area contributed by atoms with Gasteiger partial charge in [-0.05, 0) is 37.8 Å². The van der Waals surface area contributed by atoms with Crippen molar-refractivity contribution in [3.8, 4) is 0 Å². The summed E-state index contributed by atoms with van der Waals surface area (Å²) >= 11 is 0. The van der Waals surface area contributed by atoms with E-state index < -0.39 is 0 Å². The lowest BCUT2D eigenvalue weighted by Gasteiger charge is -2.34. The Hall–Kier alpha value is -3.03. The van der Waals surface area contributed by atoms with E-state index in [2.05, 4.69) is 9.97 Å². The molecule has 1 N–H and O–H groups in total. The molecule has 0 spiro atoms. The minimum absolute atomic E-state index is 0.00330. The molecule has 2 fully saturated rings. The van der Waals surface area contributed by atoms with E-state index in [-0.39, 0.29) is 35.1 Å². The second kappa shape index (κ2) is 9.63. The molecule has 2 saturated heterocycles. The number of H-pyrrole nitrogens is 1. The summed E-state index contributed by atoms with van der Waals surface area (Å²) in [6.45, 7) is 6.46. The predicted molar refractivity (Wildman–Crippen MR) is 120 cm³/mol. The topological polar surface area (TPSA) is 99.3 Å². The van der Waals surface area contributed by atoms with Crippen LogP contribution >= 0.6 is 0 Å². The molecule has 2 aliphatic heterocycles. The summed E-state index contributed by atoms with van der Waals surface area (Å²) < 4.78 is 0. The van der Waals surface area contributed by atoms with E-state index in [1.54, 1.807) is 30.6 Å². The summed E-state index contributed by atoms with van der Waals surface area (Å²) in [6.07, 6.45) is 6.60. The summed E-state index contributed by atoms with van der Waals surface area (Å²) in [4.78, 5) is 53.1. The Labute approximate surface area is 188 Å². The number of carbonyl (C=O) groups is 2. The molecule has 4 heterocycles. The monoisotopic (exact) mass is 437 g/mol. The van der Waals surface area contributed by atoms with Crippen molar-refractivity contribution in [1.29, 1.82) is 0 Å². The Morgan fingerprint density at radius 2 is 1.88 bits per heavy atom. The smallest absolute Gasteiger partial charge is 0.255 e. The van der Waals surface area contributed by atoms with Crippen molar-refractivity contribution in [3.63, 3.8) is 0 Å². The van der Waals surface area contributed by atoms with Crippen LogP contribution in [0.3, 0.4) is 0 Å². The predicted octanol–water partition coefficient (Wildman–Crippen LogP) is 2.55. The van der Waals surface area contributed by atoms with Crippen LogP contribution in [0.5, 0.6) is 0 Å². The highest BCUT2D eigenvalue weighted by atomic mass is 16.2. The molecule has 170 valence electrons. The molecule has 2 aromatic rings. The minimum atomic E-state index is -0.151. The van der Waals surface area contributed by atoms with Gasteiger partial charge in [0.25, 0.3) is 11.5 Å². The number of amides is 2. The van der Waals surface area contributed by atoms with Crippen molar-refractivity contribution in [3.05, 3.63) is 58.0 Å². The molecule has 2 amide bonds. The summed E-state index contributed by atoms with van der Waals surface area (Å²) in [6, 6.07) is 5.11. The van der Waals surface area contributed by atoms with E-state index in [1.807, 2.05) is 23.6 Å². The van der Waals surface area contributed by atoms with Crippen LogP contribution < -0.4 is 5.56 Å². The van der Waals surface area contributed by atoms with Gasteiger partial charge in [0.05, 0.1) is 11.3 Å². The SMILES string of the molecule is CC(C)C(=O)N1CCC(c2nc([C@@H]3CCCN(C(=O)c4cccnc4)C3)cc(=O)[nH]2)CC1. The summed E-state index contributed by atoms with van der Waals surface area (Å²) in [5, 5.41) is 0. The number of piperidine rings is 2. The lowest BCUT2D eigenvalue weighted by Crippen LogP contribution is -2.41. The van der Waals surface area contributed by atoms with Crippen molar-refractivity contribution in [1.82, 2.24) is 24.8 Å². The number of rotatable bonds is 4. The van der Waals surface area contributed by atoms with Gasteiger partial charge in [-0.15, -0.1) is 0 Å². The zero-order valence-corrected chi connectivity index (χ0v) is 18.8. The Morgan fingerprint density at radius 1 is 1.09 bits per heavy atom. The van der Waals surface area contributed by atoms with Crippen molar-refractivity contribution in [2.75, 3.05) is 26.2 Å². The zero-order chi connectivity index (χ0) is 22.7. The van der Waals surface area contributed by atoms with Crippen LogP contribution in [0.1, 0.15) is 73.2 Å².